The van der Waals surface area contributed by atoms with E-state index in [1.807, 2.05) is 0 Å². The van der Waals surface area contributed by atoms with Gasteiger partial charge in [-0.15, -0.1) is 0 Å². The summed E-state index contributed by atoms with van der Waals surface area (Å²) in [6.45, 7) is 0. The highest BCUT2D eigenvalue weighted by Gasteiger charge is 2.06. The molecule has 74 valence electrons. The molecule has 0 saturated carbocycles. The van der Waals surface area contributed by atoms with Gasteiger partial charge in [-0.2, -0.15) is 0 Å². The van der Waals surface area contributed by atoms with Gasteiger partial charge in [-0.3, -0.25) is 10.6 Å². The molecule has 1 aromatic carbocycles. The Balaban J connectivity index is 2.90. The molecule has 0 fully saturated rings. The first-order chi connectivity index (χ1) is 6.59. The van der Waals surface area contributed by atoms with Crippen LogP contribution in [0.5, 0.6) is 0 Å². The van der Waals surface area contributed by atoms with Crippen LogP contribution < -0.4 is 10.6 Å². The number of benzene rings is 1. The van der Waals surface area contributed by atoms with Gasteiger partial charge in [-0.25, -0.2) is 9.59 Å². The van der Waals surface area contributed by atoms with Crippen molar-refractivity contribution in [3.63, 3.8) is 0 Å². The van der Waals surface area contributed by atoms with Gasteiger partial charge < -0.3 is 10.2 Å². The topological polar surface area (TPSA) is 98.7 Å². The molecule has 0 unspecified atom stereocenters. The summed E-state index contributed by atoms with van der Waals surface area (Å²) in [6.07, 6.45) is -2.49. The van der Waals surface area contributed by atoms with Crippen molar-refractivity contribution in [3.05, 3.63) is 24.3 Å². The zero-order valence-corrected chi connectivity index (χ0v) is 7.02. The highest BCUT2D eigenvalue weighted by molar-refractivity contribution is 5.93. The third-order valence-electron chi connectivity index (χ3n) is 1.41. The molecule has 0 heterocycles. The number of para-hydroxylation sites is 2. The smallest absolute Gasteiger partial charge is 0.409 e. The first-order valence-electron chi connectivity index (χ1n) is 3.68. The SMILES string of the molecule is O=C(O)Nc1ccccc1NC(=O)O. The zero-order valence-electron chi connectivity index (χ0n) is 7.02. The van der Waals surface area contributed by atoms with Gasteiger partial charge in [0.2, 0.25) is 0 Å². The molecule has 0 spiro atoms. The van der Waals surface area contributed by atoms with Crippen molar-refractivity contribution in [1.29, 1.82) is 0 Å². The molecule has 0 aliphatic rings. The number of hydrogen-bond donors (Lipinski definition) is 4. The van der Waals surface area contributed by atoms with Crippen molar-refractivity contribution in [2.45, 2.75) is 0 Å². The van der Waals surface area contributed by atoms with Crippen LogP contribution >= 0.6 is 0 Å². The predicted molar refractivity (Wildman–Crippen MR) is 49.7 cm³/mol. The minimum atomic E-state index is -1.25. The summed E-state index contributed by atoms with van der Waals surface area (Å²) in [7, 11) is 0. The zero-order chi connectivity index (χ0) is 10.6. The molecule has 6 nitrogen and oxygen atoms in total. The van der Waals surface area contributed by atoms with Gasteiger partial charge in [-0.05, 0) is 12.1 Å². The summed E-state index contributed by atoms with van der Waals surface area (Å²) >= 11 is 0. The molecule has 0 aliphatic carbocycles. The van der Waals surface area contributed by atoms with E-state index in [0.717, 1.165) is 0 Å². The van der Waals surface area contributed by atoms with Crippen LogP contribution in [0.2, 0.25) is 0 Å². The number of anilines is 2. The van der Waals surface area contributed by atoms with E-state index in [-0.39, 0.29) is 11.4 Å². The average Bonchev–Trinajstić information content (AvgIpc) is 2.06. The number of amides is 2. The van der Waals surface area contributed by atoms with Crippen molar-refractivity contribution in [3.8, 4) is 0 Å². The van der Waals surface area contributed by atoms with Gasteiger partial charge in [-0.1, -0.05) is 12.1 Å². The second-order valence-electron chi connectivity index (χ2n) is 2.41. The van der Waals surface area contributed by atoms with Gasteiger partial charge in [0.25, 0.3) is 0 Å². The Morgan fingerprint density at radius 1 is 0.929 bits per heavy atom. The van der Waals surface area contributed by atoms with E-state index in [1.165, 1.54) is 12.1 Å². The molecule has 2 amide bonds. The second-order valence-corrected chi connectivity index (χ2v) is 2.41. The van der Waals surface area contributed by atoms with Crippen LogP contribution in [0.25, 0.3) is 0 Å². The standard InChI is InChI=1S/C8H8N2O4/c11-7(12)9-5-3-1-2-4-6(5)10-8(13)14/h1-4,9-10H,(H,11,12)(H,13,14). The van der Waals surface area contributed by atoms with E-state index in [9.17, 15) is 9.59 Å². The molecule has 6 heteroatoms. The van der Waals surface area contributed by atoms with Crippen LogP contribution in [-0.4, -0.2) is 22.4 Å². The molecule has 0 radical (unpaired) electrons. The molecule has 0 atom stereocenters. The third kappa shape index (κ3) is 2.67. The van der Waals surface area contributed by atoms with E-state index in [2.05, 4.69) is 10.6 Å². The highest BCUT2D eigenvalue weighted by atomic mass is 16.4. The fourth-order valence-corrected chi connectivity index (χ4v) is 0.932. The Hall–Kier alpha value is -2.24. The van der Waals surface area contributed by atoms with Gasteiger partial charge in [0.1, 0.15) is 0 Å². The van der Waals surface area contributed by atoms with Gasteiger partial charge >= 0.3 is 12.2 Å². The average molecular weight is 196 g/mol. The summed E-state index contributed by atoms with van der Waals surface area (Å²) in [5, 5.41) is 21.0. The van der Waals surface area contributed by atoms with Crippen LogP contribution in [-0.2, 0) is 0 Å². The predicted octanol–water partition coefficient (Wildman–Crippen LogP) is 1.87. The van der Waals surface area contributed by atoms with Crippen molar-refractivity contribution in [2.75, 3.05) is 10.6 Å². The Morgan fingerprint density at radius 2 is 1.29 bits per heavy atom. The number of rotatable bonds is 2. The maximum Gasteiger partial charge on any atom is 0.409 e. The lowest BCUT2D eigenvalue weighted by Crippen LogP contribution is -2.13. The van der Waals surface area contributed by atoms with E-state index < -0.39 is 12.2 Å². The summed E-state index contributed by atoms with van der Waals surface area (Å²) in [5.74, 6) is 0. The van der Waals surface area contributed by atoms with Crippen molar-refractivity contribution in [1.82, 2.24) is 0 Å². The molecule has 0 saturated heterocycles. The van der Waals surface area contributed by atoms with Gasteiger partial charge in [0.15, 0.2) is 0 Å². The fraction of sp³-hybridized carbons (Fsp3) is 0. The lowest BCUT2D eigenvalue weighted by atomic mass is 10.2. The van der Waals surface area contributed by atoms with Crippen LogP contribution in [0, 0.1) is 0 Å². The number of carboxylic acid groups (broad SMARTS) is 2. The maximum atomic E-state index is 10.3. The van der Waals surface area contributed by atoms with E-state index in [4.69, 9.17) is 10.2 Å². The molecular formula is C8H8N2O4. The molecule has 0 bridgehead atoms. The Kier molecular flexibility index (Phi) is 2.90. The largest absolute Gasteiger partial charge is 0.465 e. The normalized spacial score (nSPS) is 9.14. The van der Waals surface area contributed by atoms with E-state index >= 15 is 0 Å². The van der Waals surface area contributed by atoms with Crippen molar-refractivity contribution in [2.24, 2.45) is 0 Å². The maximum absolute atomic E-state index is 10.3. The molecule has 1 aromatic rings. The fourth-order valence-electron chi connectivity index (χ4n) is 0.932. The minimum absolute atomic E-state index is 0.197. The first kappa shape index (κ1) is 9.85. The Bertz CT molecular complexity index is 329. The van der Waals surface area contributed by atoms with Crippen LogP contribution in [0.15, 0.2) is 24.3 Å². The Labute approximate surface area is 79.2 Å². The number of carbonyl (C=O) groups is 2. The lowest BCUT2D eigenvalue weighted by Gasteiger charge is -2.07. The van der Waals surface area contributed by atoms with Crippen LogP contribution in [0.1, 0.15) is 0 Å². The third-order valence-corrected chi connectivity index (χ3v) is 1.41. The van der Waals surface area contributed by atoms with Crippen LogP contribution in [0.3, 0.4) is 0 Å². The van der Waals surface area contributed by atoms with Gasteiger partial charge in [0, 0.05) is 0 Å². The lowest BCUT2D eigenvalue weighted by molar-refractivity contribution is 0.208. The summed E-state index contributed by atoms with van der Waals surface area (Å²) < 4.78 is 0. The molecule has 14 heavy (non-hydrogen) atoms. The van der Waals surface area contributed by atoms with E-state index in [0.29, 0.717) is 0 Å². The molecule has 1 rings (SSSR count). The molecular weight excluding hydrogens is 188 g/mol. The minimum Gasteiger partial charge on any atom is -0.465 e. The van der Waals surface area contributed by atoms with Crippen molar-refractivity contribution >= 4 is 23.6 Å². The Morgan fingerprint density at radius 3 is 1.57 bits per heavy atom. The highest BCUT2D eigenvalue weighted by Crippen LogP contribution is 2.20. The van der Waals surface area contributed by atoms with Gasteiger partial charge in [0.05, 0.1) is 11.4 Å². The second kappa shape index (κ2) is 4.13. The summed E-state index contributed by atoms with van der Waals surface area (Å²) in [5.41, 5.74) is 0.393. The van der Waals surface area contributed by atoms with Crippen LogP contribution in [0.4, 0.5) is 21.0 Å². The van der Waals surface area contributed by atoms with E-state index in [1.54, 1.807) is 12.1 Å². The molecule has 0 aromatic heterocycles. The monoisotopic (exact) mass is 196 g/mol. The quantitative estimate of drug-likeness (QED) is 0.580. The summed E-state index contributed by atoms with van der Waals surface area (Å²) in [6, 6.07) is 6.11. The number of nitrogens with one attached hydrogen (secondary N) is 2. The number of hydrogen-bond acceptors (Lipinski definition) is 2. The molecule has 0 aliphatic heterocycles. The summed E-state index contributed by atoms with van der Waals surface area (Å²) in [4.78, 5) is 20.6. The molecule has 4 N–H and O–H groups in total. The first-order valence-corrected chi connectivity index (χ1v) is 3.68. The van der Waals surface area contributed by atoms with Crippen molar-refractivity contribution < 1.29 is 19.8 Å².